The van der Waals surface area contributed by atoms with E-state index in [9.17, 15) is 23.3 Å². The minimum atomic E-state index is -3.52. The summed E-state index contributed by atoms with van der Waals surface area (Å²) in [5.41, 5.74) is 0.497. The standard InChI is InChI=1S/C15H19N5O5S2/c1-11-15(20(22)23)12(2)19(16-11)10-13(21)17-5-7-18(8-6-17)27(24,25)14-4-3-9-26-14/h3-4,9H,5-8,10H2,1-2H3. The first kappa shape index (κ1) is 19.5. The Morgan fingerprint density at radius 1 is 1.30 bits per heavy atom. The molecular weight excluding hydrogens is 394 g/mol. The van der Waals surface area contributed by atoms with Gasteiger partial charge in [0.1, 0.15) is 22.1 Å². The molecule has 1 fully saturated rings. The molecule has 146 valence electrons. The number of carbonyl (C=O) groups excluding carboxylic acids is 1. The van der Waals surface area contributed by atoms with Gasteiger partial charge in [-0.3, -0.25) is 19.6 Å². The molecule has 0 aromatic carbocycles. The Morgan fingerprint density at radius 3 is 2.48 bits per heavy atom. The highest BCUT2D eigenvalue weighted by molar-refractivity contribution is 7.91. The van der Waals surface area contributed by atoms with Crippen LogP contribution < -0.4 is 0 Å². The van der Waals surface area contributed by atoms with Crippen LogP contribution in [0, 0.1) is 24.0 Å². The molecule has 0 atom stereocenters. The first-order valence-electron chi connectivity index (χ1n) is 8.21. The zero-order valence-electron chi connectivity index (χ0n) is 14.9. The maximum Gasteiger partial charge on any atom is 0.312 e. The predicted octanol–water partition coefficient (Wildman–Crippen LogP) is 1.00. The third kappa shape index (κ3) is 3.73. The lowest BCUT2D eigenvalue weighted by atomic mass is 10.3. The Bertz CT molecular complexity index is 959. The van der Waals surface area contributed by atoms with Gasteiger partial charge in [-0.2, -0.15) is 9.40 Å². The van der Waals surface area contributed by atoms with Gasteiger partial charge in [-0.15, -0.1) is 11.3 Å². The second-order valence-electron chi connectivity index (χ2n) is 6.15. The molecule has 12 heteroatoms. The number of aryl methyl sites for hydroxylation is 1. The highest BCUT2D eigenvalue weighted by Gasteiger charge is 2.31. The number of thiophene rings is 1. The zero-order valence-corrected chi connectivity index (χ0v) is 16.5. The van der Waals surface area contributed by atoms with E-state index in [-0.39, 0.29) is 54.2 Å². The monoisotopic (exact) mass is 413 g/mol. The molecule has 10 nitrogen and oxygen atoms in total. The van der Waals surface area contributed by atoms with Crippen LogP contribution in [0.4, 0.5) is 5.69 Å². The van der Waals surface area contributed by atoms with Crippen molar-refractivity contribution in [1.82, 2.24) is 19.0 Å². The van der Waals surface area contributed by atoms with Crippen molar-refractivity contribution in [2.75, 3.05) is 26.2 Å². The lowest BCUT2D eigenvalue weighted by Gasteiger charge is -2.33. The normalized spacial score (nSPS) is 15.9. The summed E-state index contributed by atoms with van der Waals surface area (Å²) in [6.07, 6.45) is 0. The number of nitrogens with zero attached hydrogens (tertiary/aromatic N) is 5. The largest absolute Gasteiger partial charge is 0.338 e. The van der Waals surface area contributed by atoms with E-state index in [2.05, 4.69) is 5.10 Å². The van der Waals surface area contributed by atoms with Crippen LogP contribution in [0.1, 0.15) is 11.4 Å². The number of piperazine rings is 1. The number of nitro groups is 1. The highest BCUT2D eigenvalue weighted by Crippen LogP contribution is 2.23. The Hall–Kier alpha value is -2.31. The van der Waals surface area contributed by atoms with Gasteiger partial charge >= 0.3 is 5.69 Å². The number of hydrogen-bond donors (Lipinski definition) is 0. The first-order valence-corrected chi connectivity index (χ1v) is 10.5. The van der Waals surface area contributed by atoms with Crippen LogP contribution in [0.15, 0.2) is 21.7 Å². The van der Waals surface area contributed by atoms with Gasteiger partial charge in [0.05, 0.1) is 4.92 Å². The minimum absolute atomic E-state index is 0.0883. The quantitative estimate of drug-likeness (QED) is 0.533. The summed E-state index contributed by atoms with van der Waals surface area (Å²) in [4.78, 5) is 24.6. The summed E-state index contributed by atoms with van der Waals surface area (Å²) in [7, 11) is -3.52. The average Bonchev–Trinajstić information content (AvgIpc) is 3.24. The van der Waals surface area contributed by atoms with Gasteiger partial charge < -0.3 is 4.90 Å². The second-order valence-corrected chi connectivity index (χ2v) is 9.26. The van der Waals surface area contributed by atoms with Gasteiger partial charge in [0.2, 0.25) is 5.91 Å². The van der Waals surface area contributed by atoms with Crippen molar-refractivity contribution < 1.29 is 18.1 Å². The molecule has 1 saturated heterocycles. The van der Waals surface area contributed by atoms with E-state index in [1.54, 1.807) is 29.3 Å². The smallest absolute Gasteiger partial charge is 0.312 e. The van der Waals surface area contributed by atoms with Crippen LogP contribution in [-0.4, -0.2) is 64.4 Å². The number of amides is 1. The molecule has 1 aliphatic heterocycles. The molecule has 3 rings (SSSR count). The molecule has 0 aliphatic carbocycles. The molecule has 1 aliphatic rings. The van der Waals surface area contributed by atoms with Crippen molar-refractivity contribution in [2.45, 2.75) is 24.6 Å². The van der Waals surface area contributed by atoms with Crippen LogP contribution in [0.25, 0.3) is 0 Å². The van der Waals surface area contributed by atoms with Gasteiger partial charge in [-0.1, -0.05) is 6.07 Å². The summed E-state index contributed by atoms with van der Waals surface area (Å²) in [5.74, 6) is -0.247. The Labute approximate surface area is 160 Å². The van der Waals surface area contributed by atoms with E-state index in [1.807, 2.05) is 0 Å². The van der Waals surface area contributed by atoms with Gasteiger partial charge in [0, 0.05) is 26.2 Å². The number of hydrogen-bond acceptors (Lipinski definition) is 7. The van der Waals surface area contributed by atoms with Crippen LogP contribution in [0.3, 0.4) is 0 Å². The van der Waals surface area contributed by atoms with Crippen LogP contribution >= 0.6 is 11.3 Å². The Morgan fingerprint density at radius 2 is 1.96 bits per heavy atom. The molecule has 0 bridgehead atoms. The van der Waals surface area contributed by atoms with Crippen molar-refractivity contribution in [3.63, 3.8) is 0 Å². The first-order chi connectivity index (χ1) is 12.7. The van der Waals surface area contributed by atoms with Gasteiger partial charge in [0.15, 0.2) is 0 Å². The molecule has 0 unspecified atom stereocenters. The number of rotatable bonds is 5. The SMILES string of the molecule is Cc1nn(CC(=O)N2CCN(S(=O)(=O)c3cccs3)CC2)c(C)c1[N+](=O)[O-]. The fraction of sp³-hybridized carbons (Fsp3) is 0.467. The van der Waals surface area contributed by atoms with Crippen molar-refractivity contribution in [3.05, 3.63) is 39.0 Å². The molecule has 1 amide bonds. The van der Waals surface area contributed by atoms with E-state index in [1.165, 1.54) is 15.9 Å². The summed E-state index contributed by atoms with van der Waals surface area (Å²) >= 11 is 1.16. The third-order valence-electron chi connectivity index (χ3n) is 4.49. The van der Waals surface area contributed by atoms with E-state index in [0.29, 0.717) is 5.69 Å². The van der Waals surface area contributed by atoms with E-state index < -0.39 is 14.9 Å². The number of carbonyl (C=O) groups is 1. The molecule has 3 heterocycles. The third-order valence-corrected chi connectivity index (χ3v) is 7.76. The molecule has 2 aromatic heterocycles. The highest BCUT2D eigenvalue weighted by atomic mass is 32.2. The Kier molecular flexibility index (Phi) is 5.31. The van der Waals surface area contributed by atoms with Gasteiger partial charge in [-0.05, 0) is 25.3 Å². The molecule has 2 aromatic rings. The van der Waals surface area contributed by atoms with Crippen molar-refractivity contribution >= 4 is 33.0 Å². The van der Waals surface area contributed by atoms with Crippen LogP contribution in [-0.2, 0) is 21.4 Å². The fourth-order valence-corrected chi connectivity index (χ4v) is 5.62. The molecular formula is C15H19N5O5S2. The molecule has 27 heavy (non-hydrogen) atoms. The number of sulfonamides is 1. The van der Waals surface area contributed by atoms with Crippen molar-refractivity contribution in [1.29, 1.82) is 0 Å². The van der Waals surface area contributed by atoms with Crippen LogP contribution in [0.2, 0.25) is 0 Å². The van der Waals surface area contributed by atoms with E-state index in [0.717, 1.165) is 11.3 Å². The maximum absolute atomic E-state index is 12.5. The fourth-order valence-electron chi connectivity index (χ4n) is 3.05. The maximum atomic E-state index is 12.5. The lowest BCUT2D eigenvalue weighted by molar-refractivity contribution is -0.386. The van der Waals surface area contributed by atoms with Gasteiger partial charge in [0.25, 0.3) is 10.0 Å². The average molecular weight is 413 g/mol. The van der Waals surface area contributed by atoms with Crippen molar-refractivity contribution in [3.8, 4) is 0 Å². The second kappa shape index (κ2) is 7.37. The zero-order chi connectivity index (χ0) is 19.8. The van der Waals surface area contributed by atoms with Crippen LogP contribution in [0.5, 0.6) is 0 Å². The summed E-state index contributed by atoms with van der Waals surface area (Å²) in [6, 6.07) is 3.25. The summed E-state index contributed by atoms with van der Waals surface area (Å²) in [6.45, 7) is 3.93. The van der Waals surface area contributed by atoms with Crippen molar-refractivity contribution in [2.24, 2.45) is 0 Å². The molecule has 0 N–H and O–H groups in total. The van der Waals surface area contributed by atoms with E-state index in [4.69, 9.17) is 0 Å². The minimum Gasteiger partial charge on any atom is -0.338 e. The predicted molar refractivity (Wildman–Crippen MR) is 98.0 cm³/mol. The number of aromatic nitrogens is 2. The van der Waals surface area contributed by atoms with E-state index >= 15 is 0 Å². The molecule has 0 saturated carbocycles. The van der Waals surface area contributed by atoms with Gasteiger partial charge in [-0.25, -0.2) is 8.42 Å². The lowest BCUT2D eigenvalue weighted by Crippen LogP contribution is -2.51. The topological polar surface area (TPSA) is 119 Å². The Balaban J connectivity index is 1.64. The molecule has 0 spiro atoms. The summed E-state index contributed by atoms with van der Waals surface area (Å²) < 4.78 is 28.0. The molecule has 0 radical (unpaired) electrons. The summed E-state index contributed by atoms with van der Waals surface area (Å²) in [5, 5.41) is 16.9.